The fourth-order valence-corrected chi connectivity index (χ4v) is 7.06. The summed E-state index contributed by atoms with van der Waals surface area (Å²) in [5.41, 5.74) is 9.09. The monoisotopic (exact) mass is 587 g/mol. The number of nitrogens with zero attached hydrogens (tertiary/aromatic N) is 3. The predicted octanol–water partition coefficient (Wildman–Crippen LogP) is 11.1. The second kappa shape index (κ2) is 9.62. The largest absolute Gasteiger partial charge is 0.456 e. The Morgan fingerprint density at radius 1 is 0.435 bits per heavy atom. The molecule has 0 aliphatic heterocycles. The number of furan rings is 1. The van der Waals surface area contributed by atoms with E-state index in [1.807, 2.05) is 24.3 Å². The first-order valence-electron chi connectivity index (χ1n) is 15.5. The molecule has 0 saturated carbocycles. The maximum atomic E-state index is 6.37. The molecule has 4 nitrogen and oxygen atoms in total. The second-order valence-electron chi connectivity index (χ2n) is 11.8. The molecule has 10 aromatic rings. The Balaban J connectivity index is 1.29. The molecular formula is C42H25N3O. The molecule has 3 heterocycles. The van der Waals surface area contributed by atoms with Crippen molar-refractivity contribution in [3.8, 4) is 28.3 Å². The molecule has 0 atom stereocenters. The number of rotatable bonds is 3. The number of aromatic nitrogens is 3. The van der Waals surface area contributed by atoms with Crippen LogP contribution >= 0.6 is 0 Å². The molecule has 0 spiro atoms. The van der Waals surface area contributed by atoms with Gasteiger partial charge in [0.1, 0.15) is 11.2 Å². The van der Waals surface area contributed by atoms with Crippen molar-refractivity contribution in [3.63, 3.8) is 0 Å². The summed E-state index contributed by atoms with van der Waals surface area (Å²) in [6.07, 6.45) is 0. The third-order valence-electron chi connectivity index (χ3n) is 9.21. The molecule has 7 aromatic carbocycles. The highest BCUT2D eigenvalue weighted by atomic mass is 16.3. The first-order valence-corrected chi connectivity index (χ1v) is 15.5. The Morgan fingerprint density at radius 3 is 2.00 bits per heavy atom. The molecule has 0 saturated heterocycles. The van der Waals surface area contributed by atoms with E-state index in [1.165, 1.54) is 27.3 Å². The zero-order chi connectivity index (χ0) is 30.2. The van der Waals surface area contributed by atoms with Gasteiger partial charge in [-0.3, -0.25) is 4.57 Å². The van der Waals surface area contributed by atoms with Gasteiger partial charge in [0.05, 0.1) is 22.2 Å². The maximum Gasteiger partial charge on any atom is 0.235 e. The van der Waals surface area contributed by atoms with E-state index in [-0.39, 0.29) is 0 Å². The smallest absolute Gasteiger partial charge is 0.235 e. The second-order valence-corrected chi connectivity index (χ2v) is 11.8. The van der Waals surface area contributed by atoms with Gasteiger partial charge in [-0.2, -0.15) is 0 Å². The molecule has 4 heteroatoms. The van der Waals surface area contributed by atoms with Crippen molar-refractivity contribution < 1.29 is 4.42 Å². The molecule has 0 radical (unpaired) electrons. The number of benzene rings is 7. The summed E-state index contributed by atoms with van der Waals surface area (Å²) >= 11 is 0. The quantitative estimate of drug-likeness (QED) is 0.207. The van der Waals surface area contributed by atoms with Gasteiger partial charge in [-0.15, -0.1) is 0 Å². The summed E-state index contributed by atoms with van der Waals surface area (Å²) in [6.45, 7) is 0. The highest BCUT2D eigenvalue weighted by Gasteiger charge is 2.21. The fourth-order valence-electron chi connectivity index (χ4n) is 7.06. The van der Waals surface area contributed by atoms with E-state index in [0.29, 0.717) is 5.95 Å². The molecule has 3 aromatic heterocycles. The maximum absolute atomic E-state index is 6.37. The number of para-hydroxylation sites is 2. The van der Waals surface area contributed by atoms with E-state index in [9.17, 15) is 0 Å². The van der Waals surface area contributed by atoms with Gasteiger partial charge >= 0.3 is 0 Å². The van der Waals surface area contributed by atoms with Gasteiger partial charge in [-0.05, 0) is 52.2 Å². The summed E-state index contributed by atoms with van der Waals surface area (Å²) < 4.78 is 8.60. The van der Waals surface area contributed by atoms with Crippen molar-refractivity contribution in [2.45, 2.75) is 0 Å². The molecule has 0 aliphatic rings. The average Bonchev–Trinajstić information content (AvgIpc) is 3.65. The molecule has 0 bridgehead atoms. The molecule has 0 fully saturated rings. The summed E-state index contributed by atoms with van der Waals surface area (Å²) in [5.74, 6) is 0.642. The van der Waals surface area contributed by atoms with Crippen molar-refractivity contribution in [1.29, 1.82) is 0 Å². The highest BCUT2D eigenvalue weighted by molar-refractivity contribution is 6.24. The van der Waals surface area contributed by atoms with Crippen LogP contribution in [0.15, 0.2) is 156 Å². The summed E-state index contributed by atoms with van der Waals surface area (Å²) in [6, 6.07) is 53.1. The molecule has 0 unspecified atom stereocenters. The van der Waals surface area contributed by atoms with Crippen LogP contribution in [-0.4, -0.2) is 14.5 Å². The van der Waals surface area contributed by atoms with Crippen LogP contribution in [0.3, 0.4) is 0 Å². The van der Waals surface area contributed by atoms with Gasteiger partial charge in [-0.25, -0.2) is 9.97 Å². The van der Waals surface area contributed by atoms with Gasteiger partial charge in [0.15, 0.2) is 0 Å². The zero-order valence-corrected chi connectivity index (χ0v) is 24.7. The van der Waals surface area contributed by atoms with E-state index in [4.69, 9.17) is 14.4 Å². The van der Waals surface area contributed by atoms with Gasteiger partial charge in [0.2, 0.25) is 5.95 Å². The summed E-state index contributed by atoms with van der Waals surface area (Å²) in [5, 5.41) is 7.86. The molecule has 0 N–H and O–H groups in total. The zero-order valence-electron chi connectivity index (χ0n) is 24.7. The number of hydrogen-bond acceptors (Lipinski definition) is 3. The van der Waals surface area contributed by atoms with E-state index in [1.54, 1.807) is 0 Å². The molecule has 0 amide bonds. The molecule has 10 rings (SSSR count). The fraction of sp³-hybridized carbons (Fsp3) is 0. The minimum Gasteiger partial charge on any atom is -0.456 e. The average molecular weight is 588 g/mol. The molecule has 46 heavy (non-hydrogen) atoms. The topological polar surface area (TPSA) is 43.9 Å². The number of fused-ring (bicyclic) bond motifs is 9. The first kappa shape index (κ1) is 25.1. The Hall–Kier alpha value is -6.26. The van der Waals surface area contributed by atoms with Crippen LogP contribution in [-0.2, 0) is 0 Å². The molecular weight excluding hydrogens is 562 g/mol. The van der Waals surface area contributed by atoms with Gasteiger partial charge < -0.3 is 4.42 Å². The lowest BCUT2D eigenvalue weighted by Crippen LogP contribution is -2.03. The van der Waals surface area contributed by atoms with Crippen LogP contribution in [0.25, 0.3) is 93.8 Å². The lowest BCUT2D eigenvalue weighted by atomic mass is 10.0. The van der Waals surface area contributed by atoms with Crippen molar-refractivity contribution in [3.05, 3.63) is 152 Å². The Kier molecular flexibility index (Phi) is 5.25. The Bertz CT molecular complexity index is 2790. The Labute approximate surface area is 263 Å². The Morgan fingerprint density at radius 2 is 1.13 bits per heavy atom. The van der Waals surface area contributed by atoms with Crippen molar-refractivity contribution in [1.82, 2.24) is 14.5 Å². The first-order chi connectivity index (χ1) is 22.8. The summed E-state index contributed by atoms with van der Waals surface area (Å²) in [4.78, 5) is 10.6. The van der Waals surface area contributed by atoms with Gasteiger partial charge in [0.25, 0.3) is 0 Å². The van der Waals surface area contributed by atoms with E-state index in [0.717, 1.165) is 60.5 Å². The summed E-state index contributed by atoms with van der Waals surface area (Å²) in [7, 11) is 0. The third kappa shape index (κ3) is 3.67. The van der Waals surface area contributed by atoms with E-state index < -0.39 is 0 Å². The van der Waals surface area contributed by atoms with Crippen LogP contribution in [0.4, 0.5) is 0 Å². The van der Waals surface area contributed by atoms with Crippen molar-refractivity contribution >= 4 is 65.4 Å². The van der Waals surface area contributed by atoms with Gasteiger partial charge in [-0.1, -0.05) is 121 Å². The normalized spacial score (nSPS) is 11.9. The predicted molar refractivity (Wildman–Crippen MR) is 190 cm³/mol. The highest BCUT2D eigenvalue weighted by Crippen LogP contribution is 2.41. The van der Waals surface area contributed by atoms with Gasteiger partial charge in [0, 0.05) is 32.5 Å². The van der Waals surface area contributed by atoms with E-state index >= 15 is 0 Å². The minimum absolute atomic E-state index is 0.642. The molecule has 214 valence electrons. The molecule has 0 aliphatic carbocycles. The van der Waals surface area contributed by atoms with Crippen molar-refractivity contribution in [2.75, 3.05) is 0 Å². The minimum atomic E-state index is 0.642. The number of hydrogen-bond donors (Lipinski definition) is 0. The van der Waals surface area contributed by atoms with Crippen LogP contribution in [0.1, 0.15) is 0 Å². The lowest BCUT2D eigenvalue weighted by molar-refractivity contribution is 0.669. The van der Waals surface area contributed by atoms with Crippen LogP contribution < -0.4 is 0 Å². The van der Waals surface area contributed by atoms with Crippen LogP contribution in [0.5, 0.6) is 0 Å². The lowest BCUT2D eigenvalue weighted by Gasteiger charge is -2.12. The SMILES string of the molecule is c1ccc(-c2ccc(-c3nc(-n4c5cc6c(cc5c5c7ccccc7ccc54)oc4ccccc46)nc4ccccc34)cc2)cc1. The van der Waals surface area contributed by atoms with Crippen molar-refractivity contribution in [2.24, 2.45) is 0 Å². The standard InChI is InChI=1S/C42H25N3O/c1-2-10-26(11-3-1)27-18-20-29(21-19-27)41-32-15-6-8-16-35(32)43-42(44-41)45-36-23-22-28-12-4-5-13-30(28)40(36)34-25-39-33(24-37(34)45)31-14-7-9-17-38(31)46-39/h1-25H. The van der Waals surface area contributed by atoms with E-state index in [2.05, 4.69) is 132 Å². The third-order valence-corrected chi connectivity index (χ3v) is 9.21. The van der Waals surface area contributed by atoms with Crippen LogP contribution in [0, 0.1) is 0 Å². The van der Waals surface area contributed by atoms with Crippen LogP contribution in [0.2, 0.25) is 0 Å².